The van der Waals surface area contributed by atoms with E-state index in [1.165, 1.54) is 6.33 Å². The standard InChI is InChI=1S/C10H9N5O2/c1-16-4-6-2-7(15-17-6)10-13-8-3-11-5-12-9(8)14-10/h2-3,5H,4H2,1H3,(H,11,12,13,14). The molecule has 0 saturated heterocycles. The zero-order valence-corrected chi connectivity index (χ0v) is 9.04. The average molecular weight is 231 g/mol. The molecule has 0 aliphatic rings. The topological polar surface area (TPSA) is 89.7 Å². The van der Waals surface area contributed by atoms with Crippen LogP contribution in [0.15, 0.2) is 23.1 Å². The minimum atomic E-state index is 0.382. The number of ether oxygens (including phenoxy) is 1. The highest BCUT2D eigenvalue weighted by Gasteiger charge is 2.11. The summed E-state index contributed by atoms with van der Waals surface area (Å²) in [5.74, 6) is 1.25. The third-order valence-electron chi connectivity index (χ3n) is 2.25. The molecule has 3 heterocycles. The van der Waals surface area contributed by atoms with Crippen molar-refractivity contribution in [2.24, 2.45) is 0 Å². The lowest BCUT2D eigenvalue weighted by Gasteiger charge is -1.87. The Kier molecular flexibility index (Phi) is 2.30. The molecule has 0 unspecified atom stereocenters. The van der Waals surface area contributed by atoms with Crippen LogP contribution >= 0.6 is 0 Å². The molecular weight excluding hydrogens is 222 g/mol. The van der Waals surface area contributed by atoms with E-state index in [4.69, 9.17) is 9.26 Å². The summed E-state index contributed by atoms with van der Waals surface area (Å²) in [5, 5.41) is 3.90. The van der Waals surface area contributed by atoms with Crippen molar-refractivity contribution in [3.8, 4) is 11.5 Å². The predicted octanol–water partition coefficient (Wildman–Crippen LogP) is 1.15. The molecule has 0 fully saturated rings. The zero-order chi connectivity index (χ0) is 11.7. The maximum atomic E-state index is 5.08. The van der Waals surface area contributed by atoms with E-state index in [2.05, 4.69) is 25.1 Å². The quantitative estimate of drug-likeness (QED) is 0.727. The second-order valence-corrected chi connectivity index (χ2v) is 3.46. The number of rotatable bonds is 3. The van der Waals surface area contributed by atoms with Gasteiger partial charge in [0.05, 0.1) is 6.20 Å². The fraction of sp³-hybridized carbons (Fsp3) is 0.200. The number of fused-ring (bicyclic) bond motifs is 1. The van der Waals surface area contributed by atoms with Gasteiger partial charge in [0, 0.05) is 13.2 Å². The summed E-state index contributed by atoms with van der Waals surface area (Å²) in [7, 11) is 1.60. The van der Waals surface area contributed by atoms with Crippen LogP contribution in [0.25, 0.3) is 22.7 Å². The molecule has 0 aliphatic heterocycles. The van der Waals surface area contributed by atoms with Crippen LogP contribution in [0.1, 0.15) is 5.76 Å². The van der Waals surface area contributed by atoms with Gasteiger partial charge in [0.25, 0.3) is 0 Å². The van der Waals surface area contributed by atoms with Gasteiger partial charge in [-0.2, -0.15) is 0 Å². The second kappa shape index (κ2) is 3.95. The van der Waals surface area contributed by atoms with Gasteiger partial charge in [0.15, 0.2) is 17.2 Å². The first kappa shape index (κ1) is 9.91. The van der Waals surface area contributed by atoms with E-state index in [1.807, 2.05) is 0 Å². The Morgan fingerprint density at radius 3 is 3.24 bits per heavy atom. The first-order chi connectivity index (χ1) is 8.36. The number of nitrogens with one attached hydrogen (secondary N) is 1. The molecule has 86 valence electrons. The molecule has 0 spiro atoms. The van der Waals surface area contributed by atoms with Crippen molar-refractivity contribution in [3.05, 3.63) is 24.4 Å². The molecule has 17 heavy (non-hydrogen) atoms. The largest absolute Gasteiger partial charge is 0.377 e. The number of methoxy groups -OCH3 is 1. The van der Waals surface area contributed by atoms with Crippen molar-refractivity contribution in [1.82, 2.24) is 25.1 Å². The normalized spacial score (nSPS) is 11.1. The summed E-state index contributed by atoms with van der Waals surface area (Å²) in [6.07, 6.45) is 3.11. The number of hydrogen-bond donors (Lipinski definition) is 1. The highest BCUT2D eigenvalue weighted by molar-refractivity contribution is 5.73. The van der Waals surface area contributed by atoms with E-state index in [9.17, 15) is 0 Å². The molecule has 0 radical (unpaired) electrons. The van der Waals surface area contributed by atoms with Crippen LogP contribution in [0.3, 0.4) is 0 Å². The molecule has 0 amide bonds. The number of imidazole rings is 1. The number of nitrogens with zero attached hydrogens (tertiary/aromatic N) is 4. The van der Waals surface area contributed by atoms with Crippen molar-refractivity contribution >= 4 is 11.2 Å². The Bertz CT molecular complexity index is 612. The molecule has 0 atom stereocenters. The van der Waals surface area contributed by atoms with Gasteiger partial charge in [-0.1, -0.05) is 5.16 Å². The highest BCUT2D eigenvalue weighted by Crippen LogP contribution is 2.18. The van der Waals surface area contributed by atoms with E-state index in [1.54, 1.807) is 19.4 Å². The second-order valence-electron chi connectivity index (χ2n) is 3.46. The Balaban J connectivity index is 2.01. The van der Waals surface area contributed by atoms with Crippen molar-refractivity contribution < 1.29 is 9.26 Å². The lowest BCUT2D eigenvalue weighted by atomic mass is 10.3. The van der Waals surface area contributed by atoms with Crippen molar-refractivity contribution in [1.29, 1.82) is 0 Å². The van der Waals surface area contributed by atoms with E-state index in [-0.39, 0.29) is 0 Å². The SMILES string of the molecule is COCc1cc(-c2nc3ncncc3[nH]2)no1. The van der Waals surface area contributed by atoms with E-state index in [0.29, 0.717) is 29.5 Å². The van der Waals surface area contributed by atoms with Gasteiger partial charge in [-0.3, -0.25) is 0 Å². The Morgan fingerprint density at radius 1 is 1.47 bits per heavy atom. The fourth-order valence-corrected chi connectivity index (χ4v) is 1.52. The van der Waals surface area contributed by atoms with Gasteiger partial charge < -0.3 is 14.2 Å². The molecule has 0 aliphatic carbocycles. The van der Waals surface area contributed by atoms with Gasteiger partial charge in [-0.05, 0) is 0 Å². The minimum absolute atomic E-state index is 0.382. The minimum Gasteiger partial charge on any atom is -0.377 e. The van der Waals surface area contributed by atoms with Gasteiger partial charge in [-0.25, -0.2) is 15.0 Å². The monoisotopic (exact) mass is 231 g/mol. The summed E-state index contributed by atoms with van der Waals surface area (Å²) in [5.41, 5.74) is 1.99. The first-order valence-corrected chi connectivity index (χ1v) is 4.97. The van der Waals surface area contributed by atoms with Gasteiger partial charge in [0.2, 0.25) is 0 Å². The summed E-state index contributed by atoms with van der Waals surface area (Å²) in [6.45, 7) is 0.382. The lowest BCUT2D eigenvalue weighted by molar-refractivity contribution is 0.156. The van der Waals surface area contributed by atoms with Crippen LogP contribution in [0, 0.1) is 0 Å². The van der Waals surface area contributed by atoms with Gasteiger partial charge in [0.1, 0.15) is 24.1 Å². The fourth-order valence-electron chi connectivity index (χ4n) is 1.52. The van der Waals surface area contributed by atoms with E-state index >= 15 is 0 Å². The molecule has 7 nitrogen and oxygen atoms in total. The van der Waals surface area contributed by atoms with Crippen LogP contribution in [0.2, 0.25) is 0 Å². The van der Waals surface area contributed by atoms with Crippen molar-refractivity contribution in [3.63, 3.8) is 0 Å². The van der Waals surface area contributed by atoms with Crippen LogP contribution in [-0.2, 0) is 11.3 Å². The molecule has 3 rings (SSSR count). The molecule has 3 aromatic rings. The molecule has 7 heteroatoms. The van der Waals surface area contributed by atoms with Crippen LogP contribution < -0.4 is 0 Å². The van der Waals surface area contributed by atoms with Crippen LogP contribution in [0.5, 0.6) is 0 Å². The number of H-pyrrole nitrogens is 1. The Hall–Kier alpha value is -2.28. The lowest BCUT2D eigenvalue weighted by Crippen LogP contribution is -1.82. The number of hydrogen-bond acceptors (Lipinski definition) is 6. The van der Waals surface area contributed by atoms with E-state index in [0.717, 1.165) is 5.52 Å². The van der Waals surface area contributed by atoms with Crippen LogP contribution in [0.4, 0.5) is 0 Å². The number of aromatic nitrogens is 5. The molecule has 0 bridgehead atoms. The summed E-state index contributed by atoms with van der Waals surface area (Å²) in [6, 6.07) is 1.77. The zero-order valence-electron chi connectivity index (χ0n) is 9.04. The Morgan fingerprint density at radius 2 is 2.41 bits per heavy atom. The smallest absolute Gasteiger partial charge is 0.181 e. The molecule has 1 N–H and O–H groups in total. The Labute approximate surface area is 95.8 Å². The average Bonchev–Trinajstić information content (AvgIpc) is 2.94. The van der Waals surface area contributed by atoms with E-state index < -0.39 is 0 Å². The summed E-state index contributed by atoms with van der Waals surface area (Å²) < 4.78 is 10.0. The van der Waals surface area contributed by atoms with Gasteiger partial charge in [-0.15, -0.1) is 0 Å². The van der Waals surface area contributed by atoms with Crippen molar-refractivity contribution in [2.75, 3.05) is 7.11 Å². The predicted molar refractivity (Wildman–Crippen MR) is 57.9 cm³/mol. The summed E-state index contributed by atoms with van der Waals surface area (Å²) >= 11 is 0. The molecule has 0 saturated carbocycles. The summed E-state index contributed by atoms with van der Waals surface area (Å²) in [4.78, 5) is 15.3. The maximum Gasteiger partial charge on any atom is 0.181 e. The third-order valence-corrected chi connectivity index (χ3v) is 2.25. The third kappa shape index (κ3) is 1.76. The first-order valence-electron chi connectivity index (χ1n) is 4.97. The van der Waals surface area contributed by atoms with Crippen molar-refractivity contribution in [2.45, 2.75) is 6.61 Å². The molecule has 0 aromatic carbocycles. The number of aromatic amines is 1. The maximum absolute atomic E-state index is 5.08. The highest BCUT2D eigenvalue weighted by atomic mass is 16.5. The van der Waals surface area contributed by atoms with Crippen LogP contribution in [-0.4, -0.2) is 32.2 Å². The molecule has 3 aromatic heterocycles. The van der Waals surface area contributed by atoms with Gasteiger partial charge >= 0.3 is 0 Å². The molecular formula is C10H9N5O2.